The van der Waals surface area contributed by atoms with Gasteiger partial charge in [-0.2, -0.15) is 0 Å². The van der Waals surface area contributed by atoms with Gasteiger partial charge in [0.25, 0.3) is 0 Å². The first-order valence-electron chi connectivity index (χ1n) is 27.5. The van der Waals surface area contributed by atoms with Gasteiger partial charge < -0.3 is 17.7 Å². The van der Waals surface area contributed by atoms with E-state index in [9.17, 15) is 0 Å². The monoisotopic (exact) mass is 1010 g/mol. The zero-order valence-corrected chi connectivity index (χ0v) is 42.6. The summed E-state index contributed by atoms with van der Waals surface area (Å²) in [4.78, 5) is 0. The Kier molecular flexibility index (Phi) is 7.60. The van der Waals surface area contributed by atoms with Crippen LogP contribution in [0.3, 0.4) is 0 Å². The van der Waals surface area contributed by atoms with Crippen LogP contribution in [0.4, 0.5) is 0 Å². The van der Waals surface area contributed by atoms with Gasteiger partial charge in [-0.15, -0.1) is 0 Å². The Hall–Kier alpha value is -10.7. The maximum absolute atomic E-state index is 7.42. The van der Waals surface area contributed by atoms with E-state index in [1.807, 2.05) is 0 Å². The molecular formula is C76H38O4. The van der Waals surface area contributed by atoms with Crippen molar-refractivity contribution in [3.8, 4) is 55.6 Å². The first-order chi connectivity index (χ1) is 39.7. The number of fused-ring (bicyclic) bond motifs is 10. The fourth-order valence-electron chi connectivity index (χ4n) is 15.0. The quantitative estimate of drug-likeness (QED) is 0.131. The third-order valence-electron chi connectivity index (χ3n) is 18.1. The molecule has 0 bridgehead atoms. The van der Waals surface area contributed by atoms with Crippen molar-refractivity contribution < 1.29 is 17.7 Å². The molecule has 0 fully saturated rings. The highest BCUT2D eigenvalue weighted by atomic mass is 16.3. The molecule has 0 radical (unpaired) electrons. The second-order valence-electron chi connectivity index (χ2n) is 21.9. The minimum atomic E-state index is 0.821. The van der Waals surface area contributed by atoms with Crippen molar-refractivity contribution in [2.75, 3.05) is 0 Å². The molecule has 16 aromatic rings. The van der Waals surface area contributed by atoms with Crippen molar-refractivity contribution >= 4 is 152 Å². The van der Waals surface area contributed by atoms with Crippen LogP contribution >= 0.6 is 0 Å². The summed E-state index contributed by atoms with van der Waals surface area (Å²) in [5, 5.41) is 22.2. The van der Waals surface area contributed by atoms with E-state index in [1.54, 1.807) is 0 Å². The second-order valence-corrected chi connectivity index (χ2v) is 21.9. The average molecular weight is 1020 g/mol. The molecule has 0 aliphatic carbocycles. The summed E-state index contributed by atoms with van der Waals surface area (Å²) in [7, 11) is 0. The van der Waals surface area contributed by atoms with E-state index in [-0.39, 0.29) is 0 Å². The summed E-state index contributed by atoms with van der Waals surface area (Å²) < 4.78 is 29.6. The van der Waals surface area contributed by atoms with Crippen LogP contribution in [0.1, 0.15) is 0 Å². The Morgan fingerprint density at radius 1 is 0.163 bits per heavy atom. The zero-order chi connectivity index (χ0) is 51.6. The molecule has 0 aromatic heterocycles. The van der Waals surface area contributed by atoms with Crippen LogP contribution in [-0.4, -0.2) is 0 Å². The highest BCUT2D eigenvalue weighted by Gasteiger charge is 2.34. The molecule has 366 valence electrons. The predicted molar refractivity (Wildman–Crippen MR) is 333 cm³/mol. The molecule has 4 heterocycles. The summed E-state index contributed by atoms with van der Waals surface area (Å²) in [6.45, 7) is 0. The number of rotatable bonds is 3. The van der Waals surface area contributed by atoms with Crippen molar-refractivity contribution in [1.29, 1.82) is 0 Å². The van der Waals surface area contributed by atoms with Crippen LogP contribution in [0, 0.1) is 0 Å². The van der Waals surface area contributed by atoms with Crippen LogP contribution in [0.25, 0.3) is 208 Å². The third-order valence-corrected chi connectivity index (χ3v) is 18.1. The Balaban J connectivity index is 0.930. The first kappa shape index (κ1) is 41.5. The van der Waals surface area contributed by atoms with Gasteiger partial charge in [0.2, 0.25) is 0 Å². The van der Waals surface area contributed by atoms with Crippen molar-refractivity contribution in [2.45, 2.75) is 0 Å². The summed E-state index contributed by atoms with van der Waals surface area (Å²) in [5.41, 5.74) is 18.0. The summed E-state index contributed by atoms with van der Waals surface area (Å²) >= 11 is 0. The molecule has 16 aromatic carbocycles. The molecule has 4 aliphatic rings. The van der Waals surface area contributed by atoms with Gasteiger partial charge in [0, 0.05) is 65.3 Å². The van der Waals surface area contributed by atoms with E-state index >= 15 is 0 Å². The molecular weight excluding hydrogens is 977 g/mol. The number of hydrogen-bond donors (Lipinski definition) is 0. The van der Waals surface area contributed by atoms with Gasteiger partial charge in [0.15, 0.2) is 0 Å². The molecule has 0 spiro atoms. The van der Waals surface area contributed by atoms with Crippen LogP contribution in [-0.2, 0) is 0 Å². The Morgan fingerprint density at radius 2 is 0.412 bits per heavy atom. The molecule has 0 saturated carbocycles. The Bertz CT molecular complexity index is 5650. The van der Waals surface area contributed by atoms with E-state index in [0.29, 0.717) is 0 Å². The lowest BCUT2D eigenvalue weighted by Gasteiger charge is -2.26. The second kappa shape index (κ2) is 14.7. The lowest BCUT2D eigenvalue weighted by atomic mass is 9.80. The van der Waals surface area contributed by atoms with Crippen LogP contribution < -0.4 is 0 Å². The molecule has 80 heavy (non-hydrogen) atoms. The molecule has 0 saturated heterocycles. The first-order valence-corrected chi connectivity index (χ1v) is 27.5. The van der Waals surface area contributed by atoms with Gasteiger partial charge >= 0.3 is 0 Å². The minimum Gasteiger partial charge on any atom is -0.455 e. The third kappa shape index (κ3) is 5.00. The van der Waals surface area contributed by atoms with Crippen molar-refractivity contribution in [3.05, 3.63) is 231 Å². The van der Waals surface area contributed by atoms with E-state index in [4.69, 9.17) is 17.7 Å². The van der Waals surface area contributed by atoms with Crippen molar-refractivity contribution in [3.63, 3.8) is 0 Å². The Morgan fingerprint density at radius 3 is 0.738 bits per heavy atom. The van der Waals surface area contributed by atoms with Gasteiger partial charge in [-0.1, -0.05) is 182 Å². The van der Waals surface area contributed by atoms with Gasteiger partial charge in [-0.05, 0) is 147 Å². The van der Waals surface area contributed by atoms with Gasteiger partial charge in [0.1, 0.15) is 44.7 Å². The van der Waals surface area contributed by atoms with E-state index in [2.05, 4.69) is 231 Å². The summed E-state index contributed by atoms with van der Waals surface area (Å²) in [5.74, 6) is 0. The highest BCUT2D eigenvalue weighted by Crippen LogP contribution is 2.59. The SMILES string of the molecule is c1ccc2c(-c3c4ccccc4c4oc5ccc6c(-c7c8ccccc8c8oc9ccc%10c(-c%11cccc%12ccccc%11%12)c%11ccccc%11c%11oc%12ccc7c8c%12-c9c%10%11)c7ccccc7c7oc8ccc3c4c8-c5c67)cccc2c1. The zero-order valence-electron chi connectivity index (χ0n) is 42.6. The molecule has 0 unspecified atom stereocenters. The predicted octanol–water partition coefficient (Wildman–Crippen LogP) is 22.3. The molecule has 0 amide bonds. The number of hydrogen-bond acceptors (Lipinski definition) is 4. The van der Waals surface area contributed by atoms with E-state index in [1.165, 1.54) is 43.8 Å². The highest BCUT2D eigenvalue weighted by molar-refractivity contribution is 6.40. The van der Waals surface area contributed by atoms with Gasteiger partial charge in [-0.3, -0.25) is 0 Å². The molecule has 20 rings (SSSR count). The van der Waals surface area contributed by atoms with Crippen LogP contribution in [0.5, 0.6) is 0 Å². The summed E-state index contributed by atoms with van der Waals surface area (Å²) in [6, 6.07) is 83.5. The van der Waals surface area contributed by atoms with Crippen molar-refractivity contribution in [2.24, 2.45) is 0 Å². The molecule has 4 aliphatic heterocycles. The normalized spacial score (nSPS) is 12.8. The smallest absolute Gasteiger partial charge is 0.143 e. The molecule has 4 nitrogen and oxygen atoms in total. The molecule has 0 atom stereocenters. The number of benzene rings is 16. The van der Waals surface area contributed by atoms with Crippen LogP contribution in [0.2, 0.25) is 0 Å². The standard InChI is InChI=1S/C76H38O4/c1-3-19-41-39(15-1)17-13-29-43(41)61-45-21-5-9-25-49(45)73-65-53(61)31-35-57-69(65)71-59(77-73)37-33-55-63(47-23-7-11-27-51(47)75(79-57)67(55)71)64-48-24-8-12-28-52(48)76-68-56(64)34-38-60-72(68)70-58(80-76)36-32-54-62(44-30-14-18-40-16-2-4-20-42(40)44)46-22-6-10-26-50(46)74(78-60)66(54)70/h1-38H. The lowest BCUT2D eigenvalue weighted by molar-refractivity contribution is 0.650. The maximum Gasteiger partial charge on any atom is 0.143 e. The van der Waals surface area contributed by atoms with E-state index < -0.39 is 0 Å². The topological polar surface area (TPSA) is 52.6 Å². The van der Waals surface area contributed by atoms with E-state index in [0.717, 1.165) is 164 Å². The maximum atomic E-state index is 7.42. The average Bonchev–Trinajstić information content (AvgIpc) is 2.03. The molecule has 4 heteroatoms. The fraction of sp³-hybridized carbons (Fsp3) is 0. The lowest BCUT2D eigenvalue weighted by Crippen LogP contribution is -2.00. The summed E-state index contributed by atoms with van der Waals surface area (Å²) in [6.07, 6.45) is 0. The fourth-order valence-corrected chi connectivity index (χ4v) is 15.0. The van der Waals surface area contributed by atoms with Gasteiger partial charge in [-0.25, -0.2) is 0 Å². The largest absolute Gasteiger partial charge is 0.455 e. The Labute approximate surface area is 453 Å². The van der Waals surface area contributed by atoms with Crippen LogP contribution in [0.15, 0.2) is 248 Å². The molecule has 0 N–H and O–H groups in total. The van der Waals surface area contributed by atoms with Crippen molar-refractivity contribution in [1.82, 2.24) is 0 Å². The van der Waals surface area contributed by atoms with Gasteiger partial charge in [0.05, 0.1) is 0 Å². The minimum absolute atomic E-state index is 0.821.